The van der Waals surface area contributed by atoms with Crippen molar-refractivity contribution in [2.75, 3.05) is 14.2 Å². The molecule has 0 spiro atoms. The van der Waals surface area contributed by atoms with Crippen molar-refractivity contribution in [2.45, 2.75) is 20.0 Å². The van der Waals surface area contributed by atoms with Gasteiger partial charge in [-0.05, 0) is 24.6 Å². The molecule has 0 aliphatic carbocycles. The van der Waals surface area contributed by atoms with E-state index in [1.165, 1.54) is 14.2 Å². The molecule has 1 aromatic heterocycles. The number of thiazole rings is 1. The lowest BCUT2D eigenvalue weighted by atomic mass is 10.2. The Balaban J connectivity index is 2.10. The van der Waals surface area contributed by atoms with Gasteiger partial charge in [0.2, 0.25) is 0 Å². The van der Waals surface area contributed by atoms with Gasteiger partial charge in [-0.25, -0.2) is 9.78 Å². The summed E-state index contributed by atoms with van der Waals surface area (Å²) in [7, 11) is 2.87. The van der Waals surface area contributed by atoms with Crippen LogP contribution in [0.5, 0.6) is 11.5 Å². The second-order valence-electron chi connectivity index (χ2n) is 4.23. The van der Waals surface area contributed by atoms with Crippen molar-refractivity contribution in [3.05, 3.63) is 39.8 Å². The first-order chi connectivity index (χ1) is 10.2. The Kier molecular flexibility index (Phi) is 5.16. The lowest BCUT2D eigenvalue weighted by molar-refractivity contribution is 0.0600. The molecule has 2 aromatic rings. The van der Waals surface area contributed by atoms with Gasteiger partial charge in [0, 0.05) is 5.38 Å². The average molecular weight is 307 g/mol. The monoisotopic (exact) mass is 307 g/mol. The minimum Gasteiger partial charge on any atom is -0.493 e. The van der Waals surface area contributed by atoms with Gasteiger partial charge in [0.25, 0.3) is 0 Å². The minimum absolute atomic E-state index is 0.366. The second-order valence-corrected chi connectivity index (χ2v) is 5.17. The summed E-state index contributed by atoms with van der Waals surface area (Å²) in [6.07, 6.45) is 0.918. The molecule has 0 fully saturated rings. The van der Waals surface area contributed by atoms with E-state index in [4.69, 9.17) is 9.47 Å². The Bertz CT molecular complexity index is 624. The Labute approximate surface area is 127 Å². The molecule has 0 unspecified atom stereocenters. The highest BCUT2D eigenvalue weighted by Crippen LogP contribution is 2.29. The van der Waals surface area contributed by atoms with Crippen LogP contribution < -0.4 is 9.47 Å². The fraction of sp³-hybridized carbons (Fsp3) is 0.333. The van der Waals surface area contributed by atoms with Crippen LogP contribution in [0.4, 0.5) is 0 Å². The van der Waals surface area contributed by atoms with Gasteiger partial charge in [-0.3, -0.25) is 0 Å². The first-order valence-corrected chi connectivity index (χ1v) is 7.38. The maximum atomic E-state index is 11.5. The summed E-state index contributed by atoms with van der Waals surface area (Å²) in [5.41, 5.74) is 1.31. The number of esters is 1. The Morgan fingerprint density at radius 1 is 1.29 bits per heavy atom. The molecule has 0 saturated carbocycles. The third kappa shape index (κ3) is 3.72. The number of carbonyl (C=O) groups excluding carboxylic acids is 1. The van der Waals surface area contributed by atoms with Crippen molar-refractivity contribution in [3.63, 3.8) is 0 Å². The van der Waals surface area contributed by atoms with E-state index in [-0.39, 0.29) is 0 Å². The summed E-state index contributed by atoms with van der Waals surface area (Å²) in [6, 6.07) is 4.93. The van der Waals surface area contributed by atoms with Crippen LogP contribution in [-0.4, -0.2) is 25.2 Å². The number of methoxy groups -OCH3 is 2. The standard InChI is InChI=1S/C15H17NO4S/c1-4-14-16-11(9-21-14)8-20-12-6-5-10(15(17)19-3)7-13(12)18-2/h5-7,9H,4,8H2,1-3H3. The molecule has 0 bridgehead atoms. The van der Waals surface area contributed by atoms with Gasteiger partial charge < -0.3 is 14.2 Å². The summed E-state index contributed by atoms with van der Waals surface area (Å²) in [6.45, 7) is 2.43. The van der Waals surface area contributed by atoms with Crippen molar-refractivity contribution >= 4 is 17.3 Å². The van der Waals surface area contributed by atoms with E-state index in [1.807, 2.05) is 5.38 Å². The number of aromatic nitrogens is 1. The third-order valence-electron chi connectivity index (χ3n) is 2.86. The molecule has 6 heteroatoms. The number of nitrogens with zero attached hydrogens (tertiary/aromatic N) is 1. The van der Waals surface area contributed by atoms with Crippen LogP contribution in [-0.2, 0) is 17.8 Å². The molecule has 0 atom stereocenters. The molecule has 112 valence electrons. The molecular weight excluding hydrogens is 290 g/mol. The van der Waals surface area contributed by atoms with Gasteiger partial charge in [-0.1, -0.05) is 6.92 Å². The molecule has 0 radical (unpaired) electrons. The summed E-state index contributed by atoms with van der Waals surface area (Å²) >= 11 is 1.62. The van der Waals surface area contributed by atoms with E-state index in [9.17, 15) is 4.79 Å². The molecule has 0 N–H and O–H groups in total. The topological polar surface area (TPSA) is 57.7 Å². The zero-order valence-electron chi connectivity index (χ0n) is 12.2. The van der Waals surface area contributed by atoms with Gasteiger partial charge in [0.1, 0.15) is 6.61 Å². The summed E-state index contributed by atoms with van der Waals surface area (Å²) < 4.78 is 15.6. The van der Waals surface area contributed by atoms with E-state index in [0.717, 1.165) is 17.1 Å². The number of benzene rings is 1. The molecule has 0 aliphatic rings. The highest BCUT2D eigenvalue weighted by atomic mass is 32.1. The molecule has 0 aliphatic heterocycles. The molecule has 2 rings (SSSR count). The van der Waals surface area contributed by atoms with E-state index in [2.05, 4.69) is 16.6 Å². The van der Waals surface area contributed by atoms with Gasteiger partial charge in [0.15, 0.2) is 11.5 Å². The highest BCUT2D eigenvalue weighted by Gasteiger charge is 2.12. The number of aryl methyl sites for hydroxylation is 1. The third-order valence-corrected chi connectivity index (χ3v) is 3.90. The number of hydrogen-bond acceptors (Lipinski definition) is 6. The average Bonchev–Trinajstić information content (AvgIpc) is 3.00. The van der Waals surface area contributed by atoms with Crippen molar-refractivity contribution in [3.8, 4) is 11.5 Å². The predicted molar refractivity (Wildman–Crippen MR) is 80.2 cm³/mol. The predicted octanol–water partition coefficient (Wildman–Crippen LogP) is 3.08. The number of carbonyl (C=O) groups is 1. The number of ether oxygens (including phenoxy) is 3. The zero-order valence-corrected chi connectivity index (χ0v) is 13.0. The van der Waals surface area contributed by atoms with E-state index in [0.29, 0.717) is 23.7 Å². The van der Waals surface area contributed by atoms with Crippen LogP contribution in [0.15, 0.2) is 23.6 Å². The van der Waals surface area contributed by atoms with Gasteiger partial charge in [0.05, 0.1) is 30.5 Å². The molecular formula is C15H17NO4S. The maximum absolute atomic E-state index is 11.5. The smallest absolute Gasteiger partial charge is 0.337 e. The highest BCUT2D eigenvalue weighted by molar-refractivity contribution is 7.09. The normalized spacial score (nSPS) is 10.2. The van der Waals surface area contributed by atoms with Crippen molar-refractivity contribution in [2.24, 2.45) is 0 Å². The van der Waals surface area contributed by atoms with E-state index in [1.54, 1.807) is 29.5 Å². The first-order valence-electron chi connectivity index (χ1n) is 6.50. The largest absolute Gasteiger partial charge is 0.493 e. The fourth-order valence-corrected chi connectivity index (χ4v) is 2.49. The fourth-order valence-electron chi connectivity index (χ4n) is 1.76. The lowest BCUT2D eigenvalue weighted by Crippen LogP contribution is -2.03. The van der Waals surface area contributed by atoms with Crippen LogP contribution in [0, 0.1) is 0 Å². The maximum Gasteiger partial charge on any atom is 0.337 e. The van der Waals surface area contributed by atoms with Crippen LogP contribution in [0.2, 0.25) is 0 Å². The van der Waals surface area contributed by atoms with Crippen molar-refractivity contribution < 1.29 is 19.0 Å². The minimum atomic E-state index is -0.410. The second kappa shape index (κ2) is 7.08. The van der Waals surface area contributed by atoms with Gasteiger partial charge >= 0.3 is 5.97 Å². The van der Waals surface area contributed by atoms with Crippen LogP contribution in [0.3, 0.4) is 0 Å². The molecule has 0 amide bonds. The summed E-state index contributed by atoms with van der Waals surface area (Å²) in [5, 5.41) is 3.07. The van der Waals surface area contributed by atoms with Crippen LogP contribution in [0.25, 0.3) is 0 Å². The Hall–Kier alpha value is -2.08. The van der Waals surface area contributed by atoms with Gasteiger partial charge in [-0.2, -0.15) is 0 Å². The first kappa shape index (κ1) is 15.3. The summed E-state index contributed by atoms with van der Waals surface area (Å²) in [4.78, 5) is 15.9. The quantitative estimate of drug-likeness (QED) is 0.768. The molecule has 5 nitrogen and oxygen atoms in total. The lowest BCUT2D eigenvalue weighted by Gasteiger charge is -2.10. The van der Waals surface area contributed by atoms with Crippen molar-refractivity contribution in [1.29, 1.82) is 0 Å². The Morgan fingerprint density at radius 3 is 2.71 bits per heavy atom. The van der Waals surface area contributed by atoms with Crippen LogP contribution >= 0.6 is 11.3 Å². The number of rotatable bonds is 6. The van der Waals surface area contributed by atoms with Crippen molar-refractivity contribution in [1.82, 2.24) is 4.98 Å². The zero-order chi connectivity index (χ0) is 15.2. The Morgan fingerprint density at radius 2 is 2.10 bits per heavy atom. The van der Waals surface area contributed by atoms with Gasteiger partial charge in [-0.15, -0.1) is 11.3 Å². The SMILES string of the molecule is CCc1nc(COc2ccc(C(=O)OC)cc2OC)cs1. The molecule has 1 aromatic carbocycles. The van der Waals surface area contributed by atoms with E-state index < -0.39 is 5.97 Å². The molecule has 1 heterocycles. The van der Waals surface area contributed by atoms with E-state index >= 15 is 0 Å². The summed E-state index contributed by atoms with van der Waals surface area (Å²) in [5.74, 6) is 0.645. The van der Waals surface area contributed by atoms with Crippen LogP contribution in [0.1, 0.15) is 28.0 Å². The molecule has 0 saturated heterocycles. The number of hydrogen-bond donors (Lipinski definition) is 0. The molecule has 21 heavy (non-hydrogen) atoms.